The first-order valence-electron chi connectivity index (χ1n) is 29.4. The molecule has 0 spiro atoms. The summed E-state index contributed by atoms with van der Waals surface area (Å²) in [7, 11) is -5.74. The number of para-hydroxylation sites is 4. The molecule has 0 aliphatic carbocycles. The Morgan fingerprint density at radius 3 is 1.02 bits per heavy atom. The lowest BCUT2D eigenvalue weighted by atomic mass is 9.33. The van der Waals surface area contributed by atoms with Crippen molar-refractivity contribution >= 4 is 137 Å². The molecule has 0 amide bonds. The van der Waals surface area contributed by atoms with E-state index >= 15 is 0 Å². The minimum Gasteiger partial charge on any atom is -0.311 e. The number of nitrogens with zero attached hydrogens (tertiary/aromatic N) is 3. The van der Waals surface area contributed by atoms with Gasteiger partial charge in [0.05, 0.1) is 16.7 Å². The zero-order valence-electron chi connectivity index (χ0n) is 45.9. The fraction of sp³-hybridized carbons (Fsp3) is 0. The summed E-state index contributed by atoms with van der Waals surface area (Å²) in [5.41, 5.74) is 19.7. The lowest BCUT2D eigenvalue weighted by Crippen LogP contribution is -2.72. The van der Waals surface area contributed by atoms with Crippen molar-refractivity contribution < 1.29 is 0 Å². The van der Waals surface area contributed by atoms with Gasteiger partial charge in [-0.2, -0.15) is 0 Å². The number of aromatic nitrogens is 1. The average Bonchev–Trinajstić information content (AvgIpc) is 1.33. The molecule has 1 aromatic heterocycles. The minimum absolute atomic E-state index is 0.0522. The SMILES string of the molecule is c1ccc([Si]2(c3ccccc3)c3ccccc3-c3ccc(N4c5ccccc5B5c6ccccc6N(c6ccc7c(c6)[Si](c6ccccc6)(c6ccccc6)c6ccccc6-7)c6cc(-n7c8ccccc8c8ccccc87)cc4c65)cc32)cc1. The standard InChI is InChI=1S/C78H52BN3Si2/c1-5-25-56(26-6-1)83(57-27-7-2-8-28-57)74-43-23-15-35-62(74)64-47-45-53(51-76(64)83)80-70-41-21-17-37-66(70)79-67-38-18-22-42-71(67)81(73-50-55(49-72(80)78(73)79)82-68-39-19-13-33-60(68)61-34-14-20-40-69(61)82)54-46-48-65-63-36-16-24-44-75(63)84(77(65)52-54,58-29-9-3-10-30-58)59-31-11-4-12-32-59/h1-52H. The van der Waals surface area contributed by atoms with Gasteiger partial charge in [-0.1, -0.05) is 255 Å². The molecule has 0 saturated heterocycles. The van der Waals surface area contributed by atoms with Gasteiger partial charge in [-0.3, -0.25) is 0 Å². The molecule has 0 fully saturated rings. The summed E-state index contributed by atoms with van der Waals surface area (Å²) in [6.07, 6.45) is 0. The maximum absolute atomic E-state index is 2.87. The second-order valence-electron chi connectivity index (χ2n) is 23.0. The van der Waals surface area contributed by atoms with Gasteiger partial charge in [0.15, 0.2) is 16.1 Å². The number of fused-ring (bicyclic) bond motifs is 13. The summed E-state index contributed by atoms with van der Waals surface area (Å²) in [5.74, 6) is 0. The van der Waals surface area contributed by atoms with Gasteiger partial charge in [0, 0.05) is 44.9 Å². The Hall–Kier alpha value is -10.2. The summed E-state index contributed by atoms with van der Waals surface area (Å²) in [6.45, 7) is -0.0522. The van der Waals surface area contributed by atoms with Gasteiger partial charge in [-0.15, -0.1) is 0 Å². The van der Waals surface area contributed by atoms with Crippen molar-refractivity contribution in [2.24, 2.45) is 0 Å². The smallest absolute Gasteiger partial charge is 0.252 e. The van der Waals surface area contributed by atoms with Crippen molar-refractivity contribution in [3.05, 3.63) is 315 Å². The molecular formula is C78H52BN3Si2. The number of hydrogen-bond donors (Lipinski definition) is 0. The highest BCUT2D eigenvalue weighted by atomic mass is 28.3. The Balaban J connectivity index is 0.947. The largest absolute Gasteiger partial charge is 0.311 e. The number of benzene rings is 13. The van der Waals surface area contributed by atoms with Crippen LogP contribution < -0.4 is 67.7 Å². The molecule has 84 heavy (non-hydrogen) atoms. The van der Waals surface area contributed by atoms with Crippen LogP contribution in [-0.2, 0) is 0 Å². The van der Waals surface area contributed by atoms with Crippen LogP contribution in [0.1, 0.15) is 0 Å². The molecule has 4 aliphatic rings. The van der Waals surface area contributed by atoms with Crippen LogP contribution in [0.3, 0.4) is 0 Å². The lowest BCUT2D eigenvalue weighted by Gasteiger charge is -2.44. The van der Waals surface area contributed by atoms with Crippen LogP contribution in [0.15, 0.2) is 315 Å². The molecule has 18 rings (SSSR count). The summed E-state index contributed by atoms with van der Waals surface area (Å²) in [6, 6.07) is 121. The Kier molecular flexibility index (Phi) is 10.2. The first kappa shape index (κ1) is 47.4. The molecule has 0 radical (unpaired) electrons. The van der Waals surface area contributed by atoms with Crippen molar-refractivity contribution in [3.63, 3.8) is 0 Å². The van der Waals surface area contributed by atoms with E-state index < -0.39 is 16.1 Å². The van der Waals surface area contributed by atoms with Crippen LogP contribution in [0.25, 0.3) is 49.7 Å². The topological polar surface area (TPSA) is 11.4 Å². The number of hydrogen-bond acceptors (Lipinski definition) is 2. The fourth-order valence-corrected chi connectivity index (χ4v) is 26.3. The maximum Gasteiger partial charge on any atom is 0.252 e. The molecule has 390 valence electrons. The molecule has 3 nitrogen and oxygen atoms in total. The molecule has 0 unspecified atom stereocenters. The Labute approximate surface area is 491 Å². The zero-order chi connectivity index (χ0) is 55.1. The van der Waals surface area contributed by atoms with Gasteiger partial charge in [0.25, 0.3) is 6.71 Å². The first-order valence-corrected chi connectivity index (χ1v) is 33.4. The molecule has 5 heterocycles. The lowest BCUT2D eigenvalue weighted by molar-refractivity contribution is 1.16. The van der Waals surface area contributed by atoms with Crippen molar-refractivity contribution in [2.75, 3.05) is 9.80 Å². The van der Waals surface area contributed by atoms with E-state index in [1.807, 2.05) is 0 Å². The highest BCUT2D eigenvalue weighted by Gasteiger charge is 2.52. The predicted molar refractivity (Wildman–Crippen MR) is 360 cm³/mol. The summed E-state index contributed by atoms with van der Waals surface area (Å²) < 4.78 is 2.53. The normalized spacial score (nSPS) is 14.3. The third kappa shape index (κ3) is 6.36. The van der Waals surface area contributed by atoms with Crippen LogP contribution in [0.2, 0.25) is 0 Å². The monoisotopic (exact) mass is 1100 g/mol. The van der Waals surface area contributed by atoms with Crippen LogP contribution in [0.5, 0.6) is 0 Å². The van der Waals surface area contributed by atoms with Crippen LogP contribution >= 0.6 is 0 Å². The average molecular weight is 1100 g/mol. The molecule has 0 saturated carbocycles. The van der Waals surface area contributed by atoms with Crippen LogP contribution in [0.4, 0.5) is 34.1 Å². The Morgan fingerprint density at radius 1 is 0.250 bits per heavy atom. The Morgan fingerprint density at radius 2 is 0.595 bits per heavy atom. The van der Waals surface area contributed by atoms with Gasteiger partial charge in [0.1, 0.15) is 0 Å². The molecule has 0 atom stereocenters. The molecule has 0 bridgehead atoms. The van der Waals surface area contributed by atoms with Crippen molar-refractivity contribution in [1.82, 2.24) is 4.57 Å². The molecule has 4 aliphatic heterocycles. The highest BCUT2D eigenvalue weighted by Crippen LogP contribution is 2.47. The van der Waals surface area contributed by atoms with Crippen molar-refractivity contribution in [2.45, 2.75) is 0 Å². The predicted octanol–water partition coefficient (Wildman–Crippen LogP) is 11.6. The molecule has 0 N–H and O–H groups in total. The molecule has 13 aromatic carbocycles. The second kappa shape index (κ2) is 18.1. The zero-order valence-corrected chi connectivity index (χ0v) is 47.9. The minimum atomic E-state index is -2.87. The van der Waals surface area contributed by atoms with Gasteiger partial charge >= 0.3 is 0 Å². The third-order valence-electron chi connectivity index (χ3n) is 19.1. The highest BCUT2D eigenvalue weighted by molar-refractivity contribution is 7.23. The van der Waals surface area contributed by atoms with Gasteiger partial charge in [-0.05, 0) is 141 Å². The quantitative estimate of drug-likeness (QED) is 0.147. The summed E-state index contributed by atoms with van der Waals surface area (Å²) in [4.78, 5) is 5.27. The molecule has 6 heteroatoms. The fourth-order valence-electron chi connectivity index (χ4n) is 15.9. The Bertz CT molecular complexity index is 4620. The van der Waals surface area contributed by atoms with Crippen molar-refractivity contribution in [1.29, 1.82) is 0 Å². The van der Waals surface area contributed by atoms with E-state index in [1.165, 1.54) is 125 Å². The van der Waals surface area contributed by atoms with E-state index in [2.05, 4.69) is 330 Å². The third-order valence-corrected chi connectivity index (χ3v) is 28.8. The van der Waals surface area contributed by atoms with E-state index in [1.54, 1.807) is 0 Å². The second-order valence-corrected chi connectivity index (χ2v) is 30.5. The first-order chi connectivity index (χ1) is 41.7. The number of rotatable bonds is 7. The van der Waals surface area contributed by atoms with Gasteiger partial charge < -0.3 is 14.4 Å². The maximum atomic E-state index is 2.63. The summed E-state index contributed by atoms with van der Waals surface area (Å²) in [5, 5.41) is 13.8. The molecular weight excluding hydrogens is 1050 g/mol. The van der Waals surface area contributed by atoms with E-state index in [9.17, 15) is 0 Å². The summed E-state index contributed by atoms with van der Waals surface area (Å²) >= 11 is 0. The molecule has 14 aromatic rings. The van der Waals surface area contributed by atoms with Crippen LogP contribution in [0, 0.1) is 0 Å². The number of anilines is 6. The van der Waals surface area contributed by atoms with Gasteiger partial charge in [-0.25, -0.2) is 0 Å². The van der Waals surface area contributed by atoms with Crippen molar-refractivity contribution in [3.8, 4) is 27.9 Å². The van der Waals surface area contributed by atoms with E-state index in [-0.39, 0.29) is 6.71 Å². The van der Waals surface area contributed by atoms with E-state index in [4.69, 9.17) is 0 Å². The van der Waals surface area contributed by atoms with E-state index in [0.29, 0.717) is 0 Å². The van der Waals surface area contributed by atoms with Gasteiger partial charge in [0.2, 0.25) is 0 Å². The van der Waals surface area contributed by atoms with Crippen LogP contribution in [-0.4, -0.2) is 27.4 Å². The van der Waals surface area contributed by atoms with E-state index in [0.717, 1.165) is 17.1 Å².